The van der Waals surface area contributed by atoms with Crippen LogP contribution < -0.4 is 5.32 Å². The third-order valence-corrected chi connectivity index (χ3v) is 2.88. The molecule has 2 aromatic rings. The molecule has 0 saturated carbocycles. The van der Waals surface area contributed by atoms with Crippen molar-refractivity contribution in [3.05, 3.63) is 35.4 Å². The van der Waals surface area contributed by atoms with Gasteiger partial charge in [-0.05, 0) is 36.6 Å². The van der Waals surface area contributed by atoms with E-state index in [1.807, 2.05) is 13.8 Å². The average Bonchev–Trinajstić information content (AvgIpc) is 2.40. The number of aryl methyl sites for hydroxylation is 1. The third-order valence-electron chi connectivity index (χ3n) is 2.88. The van der Waals surface area contributed by atoms with Crippen molar-refractivity contribution in [1.82, 2.24) is 4.98 Å². The Balaban J connectivity index is 2.61. The molecule has 2 nitrogen and oxygen atoms in total. The molecule has 0 aliphatic heterocycles. The molecule has 4 heteroatoms. The highest BCUT2D eigenvalue weighted by Crippen LogP contribution is 2.25. The first-order valence-corrected chi connectivity index (χ1v) is 6.18. The van der Waals surface area contributed by atoms with Crippen molar-refractivity contribution in [2.45, 2.75) is 26.7 Å². The van der Waals surface area contributed by atoms with E-state index in [9.17, 15) is 8.78 Å². The Kier molecular flexibility index (Phi) is 3.75. The van der Waals surface area contributed by atoms with Crippen LogP contribution in [-0.4, -0.2) is 11.5 Å². The SMILES string of the molecule is CCCNc1nc2c(F)ccc(F)c2cc1CC. The van der Waals surface area contributed by atoms with E-state index in [2.05, 4.69) is 10.3 Å². The zero-order valence-corrected chi connectivity index (χ0v) is 10.6. The molecule has 18 heavy (non-hydrogen) atoms. The monoisotopic (exact) mass is 250 g/mol. The van der Waals surface area contributed by atoms with E-state index in [4.69, 9.17) is 0 Å². The van der Waals surface area contributed by atoms with Gasteiger partial charge < -0.3 is 5.32 Å². The number of aromatic nitrogens is 1. The molecule has 0 amide bonds. The molecule has 0 atom stereocenters. The van der Waals surface area contributed by atoms with Gasteiger partial charge in [0.2, 0.25) is 0 Å². The zero-order chi connectivity index (χ0) is 13.1. The van der Waals surface area contributed by atoms with Crippen LogP contribution in [-0.2, 0) is 6.42 Å². The van der Waals surface area contributed by atoms with Gasteiger partial charge in [-0.15, -0.1) is 0 Å². The molecule has 0 fully saturated rings. The summed E-state index contributed by atoms with van der Waals surface area (Å²) in [5.74, 6) is -0.277. The second kappa shape index (κ2) is 5.29. The third kappa shape index (κ3) is 2.28. The van der Waals surface area contributed by atoms with Crippen LogP contribution >= 0.6 is 0 Å². The quantitative estimate of drug-likeness (QED) is 0.890. The van der Waals surface area contributed by atoms with Crippen LogP contribution in [0.4, 0.5) is 14.6 Å². The van der Waals surface area contributed by atoms with E-state index in [-0.39, 0.29) is 10.9 Å². The molecule has 2 rings (SSSR count). The fraction of sp³-hybridized carbons (Fsp3) is 0.357. The Labute approximate surface area is 105 Å². The predicted octanol–water partition coefficient (Wildman–Crippen LogP) is 3.90. The number of nitrogens with zero attached hydrogens (tertiary/aromatic N) is 1. The van der Waals surface area contributed by atoms with Gasteiger partial charge in [-0.3, -0.25) is 0 Å². The van der Waals surface area contributed by atoms with E-state index in [0.29, 0.717) is 5.82 Å². The van der Waals surface area contributed by atoms with Crippen LogP contribution in [0.5, 0.6) is 0 Å². The van der Waals surface area contributed by atoms with Crippen molar-refractivity contribution >= 4 is 16.7 Å². The van der Waals surface area contributed by atoms with Crippen molar-refractivity contribution in [3.8, 4) is 0 Å². The van der Waals surface area contributed by atoms with Crippen molar-refractivity contribution < 1.29 is 8.78 Å². The smallest absolute Gasteiger partial charge is 0.149 e. The molecule has 1 N–H and O–H groups in total. The van der Waals surface area contributed by atoms with Gasteiger partial charge in [0, 0.05) is 11.9 Å². The van der Waals surface area contributed by atoms with Crippen molar-refractivity contribution in [2.75, 3.05) is 11.9 Å². The van der Waals surface area contributed by atoms with Gasteiger partial charge in [0.25, 0.3) is 0 Å². The van der Waals surface area contributed by atoms with Crippen molar-refractivity contribution in [1.29, 1.82) is 0 Å². The maximum atomic E-state index is 13.6. The first-order chi connectivity index (χ1) is 8.67. The molecule has 0 saturated heterocycles. The van der Waals surface area contributed by atoms with E-state index >= 15 is 0 Å². The molecule has 0 spiro atoms. The van der Waals surface area contributed by atoms with Crippen LogP contribution in [0.2, 0.25) is 0 Å². The lowest BCUT2D eigenvalue weighted by Crippen LogP contribution is -2.06. The molecule has 0 aliphatic rings. The maximum Gasteiger partial charge on any atom is 0.149 e. The Morgan fingerprint density at radius 1 is 1.17 bits per heavy atom. The number of anilines is 1. The summed E-state index contributed by atoms with van der Waals surface area (Å²) in [7, 11) is 0. The molecule has 0 aliphatic carbocycles. The number of halogens is 2. The van der Waals surface area contributed by atoms with Crippen LogP contribution in [0.15, 0.2) is 18.2 Å². The van der Waals surface area contributed by atoms with E-state index in [1.165, 1.54) is 0 Å². The second-order valence-electron chi connectivity index (χ2n) is 4.20. The summed E-state index contributed by atoms with van der Waals surface area (Å²) in [5.41, 5.74) is 0.992. The average molecular weight is 250 g/mol. The van der Waals surface area contributed by atoms with Gasteiger partial charge in [0.15, 0.2) is 0 Å². The molecule has 1 aromatic carbocycles. The van der Waals surface area contributed by atoms with Gasteiger partial charge in [0.05, 0.1) is 0 Å². The summed E-state index contributed by atoms with van der Waals surface area (Å²) in [4.78, 5) is 4.22. The van der Waals surface area contributed by atoms with Crippen LogP contribution in [0.3, 0.4) is 0 Å². The maximum absolute atomic E-state index is 13.6. The van der Waals surface area contributed by atoms with E-state index in [0.717, 1.165) is 37.1 Å². The minimum Gasteiger partial charge on any atom is -0.370 e. The van der Waals surface area contributed by atoms with Gasteiger partial charge in [0.1, 0.15) is 23.0 Å². The standard InChI is InChI=1S/C14H16F2N2/c1-3-7-17-14-9(4-2)8-10-11(15)5-6-12(16)13(10)18-14/h5-6,8H,3-4,7H2,1-2H3,(H,17,18). The van der Waals surface area contributed by atoms with E-state index < -0.39 is 11.6 Å². The fourth-order valence-electron chi connectivity index (χ4n) is 1.90. The number of hydrogen-bond donors (Lipinski definition) is 1. The topological polar surface area (TPSA) is 24.9 Å². The largest absolute Gasteiger partial charge is 0.370 e. The molecule has 1 aromatic heterocycles. The number of rotatable bonds is 4. The Bertz CT molecular complexity index is 567. The Morgan fingerprint density at radius 2 is 1.89 bits per heavy atom. The van der Waals surface area contributed by atoms with Crippen molar-refractivity contribution in [2.24, 2.45) is 0 Å². The highest BCUT2D eigenvalue weighted by atomic mass is 19.1. The van der Waals surface area contributed by atoms with Gasteiger partial charge in [-0.2, -0.15) is 0 Å². The first kappa shape index (κ1) is 12.7. The highest BCUT2D eigenvalue weighted by Gasteiger charge is 2.11. The summed E-state index contributed by atoms with van der Waals surface area (Å²) < 4.78 is 27.3. The molecular formula is C14H16F2N2. The molecule has 96 valence electrons. The summed E-state index contributed by atoms with van der Waals surface area (Å²) in [6.45, 7) is 4.78. The van der Waals surface area contributed by atoms with Gasteiger partial charge in [-0.25, -0.2) is 13.8 Å². The number of benzene rings is 1. The minimum absolute atomic E-state index is 0.0887. The normalized spacial score (nSPS) is 10.9. The number of fused-ring (bicyclic) bond motifs is 1. The Morgan fingerprint density at radius 3 is 2.56 bits per heavy atom. The fourth-order valence-corrected chi connectivity index (χ4v) is 1.90. The van der Waals surface area contributed by atoms with Crippen molar-refractivity contribution in [3.63, 3.8) is 0 Å². The highest BCUT2D eigenvalue weighted by molar-refractivity contribution is 5.83. The zero-order valence-electron chi connectivity index (χ0n) is 10.6. The van der Waals surface area contributed by atoms with E-state index in [1.54, 1.807) is 6.07 Å². The van der Waals surface area contributed by atoms with Crippen LogP contribution in [0.1, 0.15) is 25.8 Å². The summed E-state index contributed by atoms with van der Waals surface area (Å²) in [6.07, 6.45) is 1.68. The van der Waals surface area contributed by atoms with Crippen LogP contribution in [0, 0.1) is 11.6 Å². The number of pyridine rings is 1. The molecule has 0 radical (unpaired) electrons. The summed E-state index contributed by atoms with van der Waals surface area (Å²) in [5, 5.41) is 3.40. The first-order valence-electron chi connectivity index (χ1n) is 6.18. The lowest BCUT2D eigenvalue weighted by molar-refractivity contribution is 0.615. The lowest BCUT2D eigenvalue weighted by Gasteiger charge is -2.11. The van der Waals surface area contributed by atoms with Gasteiger partial charge in [-0.1, -0.05) is 13.8 Å². The summed E-state index contributed by atoms with van der Waals surface area (Å²) >= 11 is 0. The number of hydrogen-bond acceptors (Lipinski definition) is 2. The van der Waals surface area contributed by atoms with Gasteiger partial charge >= 0.3 is 0 Å². The Hall–Kier alpha value is -1.71. The molecular weight excluding hydrogens is 234 g/mol. The molecule has 1 heterocycles. The minimum atomic E-state index is -0.492. The lowest BCUT2D eigenvalue weighted by atomic mass is 10.1. The second-order valence-corrected chi connectivity index (χ2v) is 4.20. The molecule has 0 bridgehead atoms. The van der Waals surface area contributed by atoms with Crippen LogP contribution in [0.25, 0.3) is 10.9 Å². The molecule has 0 unspecified atom stereocenters. The predicted molar refractivity (Wildman–Crippen MR) is 69.8 cm³/mol. The number of nitrogens with one attached hydrogen (secondary N) is 1. The summed E-state index contributed by atoms with van der Waals surface area (Å²) in [6, 6.07) is 3.93.